The van der Waals surface area contributed by atoms with Crippen LogP contribution in [0.15, 0.2) is 23.6 Å². The van der Waals surface area contributed by atoms with Crippen molar-refractivity contribution in [2.75, 3.05) is 25.6 Å². The van der Waals surface area contributed by atoms with Gasteiger partial charge >= 0.3 is 11.9 Å². The maximum atomic E-state index is 11.9. The normalized spacial score (nSPS) is 10.1. The molecule has 0 atom stereocenters. The first kappa shape index (κ1) is 20.2. The number of phenolic OH excluding ortho intramolecular Hbond substituents is 1. The van der Waals surface area contributed by atoms with Crippen LogP contribution in [0.1, 0.15) is 23.0 Å². The topological polar surface area (TPSA) is 124 Å². The van der Waals surface area contributed by atoms with Crippen LogP contribution in [0.4, 0.5) is 5.13 Å². The first-order valence-corrected chi connectivity index (χ1v) is 8.75. The van der Waals surface area contributed by atoms with E-state index in [1.54, 1.807) is 12.3 Å². The molecule has 0 saturated carbocycles. The molecule has 0 bridgehead atoms. The summed E-state index contributed by atoms with van der Waals surface area (Å²) < 4.78 is 14.6. The summed E-state index contributed by atoms with van der Waals surface area (Å²) in [5.41, 5.74) is 0.378. The smallest absolute Gasteiger partial charge is 0.342 e. The van der Waals surface area contributed by atoms with Crippen LogP contribution in [0, 0.1) is 0 Å². The quantitative estimate of drug-likeness (QED) is 0.649. The van der Waals surface area contributed by atoms with E-state index in [9.17, 15) is 19.5 Å². The number of benzene rings is 1. The number of aromatic nitrogens is 1. The number of hydrogen-bond acceptors (Lipinski definition) is 9. The monoisotopic (exact) mass is 394 g/mol. The predicted octanol–water partition coefficient (Wildman–Crippen LogP) is 1.76. The largest absolute Gasteiger partial charge is 0.507 e. The second-order valence-electron chi connectivity index (χ2n) is 5.13. The molecule has 0 saturated heterocycles. The molecule has 0 spiro atoms. The fourth-order valence-corrected chi connectivity index (χ4v) is 2.71. The third-order valence-corrected chi connectivity index (χ3v) is 3.99. The second kappa shape index (κ2) is 9.53. The van der Waals surface area contributed by atoms with E-state index < -0.39 is 24.5 Å². The number of ether oxygens (including phenoxy) is 3. The number of nitrogens with zero attached hydrogens (tertiary/aromatic N) is 1. The van der Waals surface area contributed by atoms with Gasteiger partial charge < -0.3 is 19.3 Å². The number of hydrogen-bond donors (Lipinski definition) is 2. The van der Waals surface area contributed by atoms with Gasteiger partial charge in [-0.1, -0.05) is 0 Å². The summed E-state index contributed by atoms with van der Waals surface area (Å²) in [5.74, 6) is -1.80. The molecule has 0 aliphatic rings. The Labute approximate surface area is 158 Å². The number of carbonyl (C=O) groups is 3. The zero-order valence-corrected chi connectivity index (χ0v) is 15.5. The summed E-state index contributed by atoms with van der Waals surface area (Å²) in [6.07, 6.45) is 0.00590. The van der Waals surface area contributed by atoms with Crippen LogP contribution in [0.5, 0.6) is 11.5 Å². The van der Waals surface area contributed by atoms with E-state index >= 15 is 0 Å². The molecule has 27 heavy (non-hydrogen) atoms. The number of aromatic hydroxyl groups is 1. The van der Waals surface area contributed by atoms with Gasteiger partial charge in [-0.15, -0.1) is 11.3 Å². The van der Waals surface area contributed by atoms with Gasteiger partial charge in [0.2, 0.25) is 0 Å². The maximum Gasteiger partial charge on any atom is 0.342 e. The lowest BCUT2D eigenvalue weighted by molar-refractivity contribution is -0.142. The average Bonchev–Trinajstić information content (AvgIpc) is 3.06. The fourth-order valence-electron chi connectivity index (χ4n) is 1.98. The Morgan fingerprint density at radius 1 is 1.26 bits per heavy atom. The Morgan fingerprint density at radius 3 is 2.70 bits per heavy atom. The highest BCUT2D eigenvalue weighted by Gasteiger charge is 2.16. The van der Waals surface area contributed by atoms with Gasteiger partial charge in [0.25, 0.3) is 5.91 Å². The Morgan fingerprint density at radius 2 is 2.04 bits per heavy atom. The average molecular weight is 394 g/mol. The van der Waals surface area contributed by atoms with Crippen molar-refractivity contribution >= 4 is 34.3 Å². The van der Waals surface area contributed by atoms with Crippen LogP contribution in [-0.4, -0.2) is 48.3 Å². The summed E-state index contributed by atoms with van der Waals surface area (Å²) in [5, 5.41) is 14.1. The second-order valence-corrected chi connectivity index (χ2v) is 5.99. The van der Waals surface area contributed by atoms with E-state index in [0.29, 0.717) is 11.4 Å². The van der Waals surface area contributed by atoms with Crippen LogP contribution in [0.2, 0.25) is 0 Å². The molecular weight excluding hydrogens is 376 g/mol. The van der Waals surface area contributed by atoms with Gasteiger partial charge in [0.05, 0.1) is 25.8 Å². The fraction of sp³-hybridized carbons (Fsp3) is 0.294. The van der Waals surface area contributed by atoms with Gasteiger partial charge in [-0.2, -0.15) is 0 Å². The van der Waals surface area contributed by atoms with E-state index in [-0.39, 0.29) is 29.5 Å². The molecule has 9 nitrogen and oxygen atoms in total. The summed E-state index contributed by atoms with van der Waals surface area (Å²) in [6.45, 7) is 1.43. The van der Waals surface area contributed by atoms with Crippen molar-refractivity contribution in [3.63, 3.8) is 0 Å². The maximum absolute atomic E-state index is 11.9. The number of methoxy groups -OCH3 is 1. The van der Waals surface area contributed by atoms with Gasteiger partial charge in [0.15, 0.2) is 11.7 Å². The Kier molecular flexibility index (Phi) is 7.12. The summed E-state index contributed by atoms with van der Waals surface area (Å²) in [4.78, 5) is 39.3. The highest BCUT2D eigenvalue weighted by Crippen LogP contribution is 2.24. The number of phenols is 1. The molecule has 1 aromatic heterocycles. The minimum Gasteiger partial charge on any atom is -0.507 e. The summed E-state index contributed by atoms with van der Waals surface area (Å²) >= 11 is 1.13. The third-order valence-electron chi connectivity index (χ3n) is 3.19. The highest BCUT2D eigenvalue weighted by molar-refractivity contribution is 7.13. The molecule has 0 radical (unpaired) electrons. The van der Waals surface area contributed by atoms with Crippen molar-refractivity contribution in [2.45, 2.75) is 13.3 Å². The molecule has 2 N–H and O–H groups in total. The SMILES string of the molecule is CCOC(=O)Cc1csc(NC(=O)COC(=O)c2ccc(OC)cc2O)n1. The molecule has 1 aromatic carbocycles. The van der Waals surface area contributed by atoms with Gasteiger partial charge in [-0.3, -0.25) is 14.9 Å². The van der Waals surface area contributed by atoms with E-state index in [1.165, 1.54) is 25.3 Å². The lowest BCUT2D eigenvalue weighted by Crippen LogP contribution is -2.21. The van der Waals surface area contributed by atoms with Gasteiger partial charge in [0.1, 0.15) is 17.1 Å². The van der Waals surface area contributed by atoms with Gasteiger partial charge in [-0.05, 0) is 19.1 Å². The van der Waals surface area contributed by atoms with E-state index in [2.05, 4.69) is 10.3 Å². The number of esters is 2. The molecule has 1 amide bonds. The number of nitrogens with one attached hydrogen (secondary N) is 1. The van der Waals surface area contributed by atoms with Crippen molar-refractivity contribution in [3.05, 3.63) is 34.8 Å². The van der Waals surface area contributed by atoms with Crippen molar-refractivity contribution in [2.24, 2.45) is 0 Å². The molecule has 0 unspecified atom stereocenters. The first-order chi connectivity index (χ1) is 12.9. The van der Waals surface area contributed by atoms with Crippen molar-refractivity contribution < 1.29 is 33.7 Å². The van der Waals surface area contributed by atoms with E-state index in [4.69, 9.17) is 14.2 Å². The molecule has 0 aliphatic heterocycles. The number of amides is 1. The molecule has 2 rings (SSSR count). The molecule has 0 aliphatic carbocycles. The first-order valence-electron chi connectivity index (χ1n) is 7.87. The van der Waals surface area contributed by atoms with Gasteiger partial charge in [-0.25, -0.2) is 9.78 Å². The van der Waals surface area contributed by atoms with Crippen molar-refractivity contribution in [1.82, 2.24) is 4.98 Å². The van der Waals surface area contributed by atoms with Crippen molar-refractivity contribution in [3.8, 4) is 11.5 Å². The van der Waals surface area contributed by atoms with Crippen LogP contribution in [0.25, 0.3) is 0 Å². The Balaban J connectivity index is 1.85. The predicted molar refractivity (Wildman–Crippen MR) is 96.0 cm³/mol. The minimum absolute atomic E-state index is 0.00590. The number of rotatable bonds is 8. The molecule has 1 heterocycles. The van der Waals surface area contributed by atoms with E-state index in [1.807, 2.05) is 0 Å². The third kappa shape index (κ3) is 5.96. The van der Waals surface area contributed by atoms with Crippen LogP contribution in [0.3, 0.4) is 0 Å². The van der Waals surface area contributed by atoms with Gasteiger partial charge in [0, 0.05) is 11.4 Å². The summed E-state index contributed by atoms with van der Waals surface area (Å²) in [7, 11) is 1.42. The van der Waals surface area contributed by atoms with E-state index in [0.717, 1.165) is 11.3 Å². The van der Waals surface area contributed by atoms with Crippen LogP contribution in [-0.2, 0) is 25.5 Å². The molecule has 10 heteroatoms. The number of anilines is 1. The Bertz CT molecular complexity index is 834. The lowest BCUT2D eigenvalue weighted by Gasteiger charge is -2.07. The molecule has 144 valence electrons. The standard InChI is InChI=1S/C17H18N2O7S/c1-3-25-15(22)6-10-9-27-17(18-10)19-14(21)8-26-16(23)12-5-4-11(24-2)7-13(12)20/h4-5,7,9,20H,3,6,8H2,1-2H3,(H,18,19,21). The molecule has 0 fully saturated rings. The number of carbonyl (C=O) groups excluding carboxylic acids is 3. The zero-order valence-electron chi connectivity index (χ0n) is 14.7. The van der Waals surface area contributed by atoms with Crippen molar-refractivity contribution in [1.29, 1.82) is 0 Å². The summed E-state index contributed by atoms with van der Waals surface area (Å²) in [6, 6.07) is 4.07. The highest BCUT2D eigenvalue weighted by atomic mass is 32.1. The van der Waals surface area contributed by atoms with Crippen LogP contribution < -0.4 is 10.1 Å². The van der Waals surface area contributed by atoms with Crippen LogP contribution >= 0.6 is 11.3 Å². The number of thiazole rings is 1. The lowest BCUT2D eigenvalue weighted by atomic mass is 10.2. The minimum atomic E-state index is -0.854. The molecule has 2 aromatic rings. The molecular formula is C17H18N2O7S. The Hall–Kier alpha value is -3.14. The zero-order chi connectivity index (χ0) is 19.8.